The largest absolute Gasteiger partial charge is 0.363 e. The Balaban J connectivity index is 2.28. The molecular weight excluding hydrogens is 186 g/mol. The molecule has 0 saturated carbocycles. The fourth-order valence-electron chi connectivity index (χ4n) is 2.09. The third-order valence-corrected chi connectivity index (χ3v) is 2.88. The Morgan fingerprint density at radius 2 is 2.00 bits per heavy atom. The number of rotatable bonds is 0. The minimum absolute atomic E-state index is 0.878. The summed E-state index contributed by atoms with van der Waals surface area (Å²) >= 11 is 0. The fraction of sp³-hybridized carbons (Fsp3) is 0.0769. The molecule has 1 atom stereocenters. The SMILES string of the molecule is OC12NC=CC1=CC=Cc1ccccc12. The van der Waals surface area contributed by atoms with Gasteiger partial charge in [0.2, 0.25) is 0 Å². The molecule has 1 heterocycles. The molecule has 1 aromatic rings. The molecule has 0 saturated heterocycles. The predicted molar refractivity (Wildman–Crippen MR) is 59.7 cm³/mol. The van der Waals surface area contributed by atoms with Gasteiger partial charge in [0, 0.05) is 11.1 Å². The molecular formula is C13H11NO. The normalized spacial score (nSPS) is 26.3. The molecule has 15 heavy (non-hydrogen) atoms. The van der Waals surface area contributed by atoms with Gasteiger partial charge in [-0.1, -0.05) is 42.5 Å². The summed E-state index contributed by atoms with van der Waals surface area (Å²) in [5.74, 6) is 0. The van der Waals surface area contributed by atoms with Crippen LogP contribution in [0.25, 0.3) is 6.08 Å². The van der Waals surface area contributed by atoms with Crippen molar-refractivity contribution in [2.75, 3.05) is 0 Å². The van der Waals surface area contributed by atoms with E-state index in [4.69, 9.17) is 0 Å². The monoisotopic (exact) mass is 197 g/mol. The van der Waals surface area contributed by atoms with Crippen LogP contribution in [0, 0.1) is 0 Å². The van der Waals surface area contributed by atoms with E-state index in [0.29, 0.717) is 0 Å². The molecule has 0 radical (unpaired) electrons. The molecule has 0 bridgehead atoms. The maximum absolute atomic E-state index is 10.6. The Kier molecular flexibility index (Phi) is 1.61. The Hall–Kier alpha value is -1.80. The topological polar surface area (TPSA) is 32.3 Å². The highest BCUT2D eigenvalue weighted by Crippen LogP contribution is 2.35. The second-order valence-electron chi connectivity index (χ2n) is 3.76. The number of aliphatic hydroxyl groups is 1. The van der Waals surface area contributed by atoms with E-state index in [9.17, 15) is 5.11 Å². The van der Waals surface area contributed by atoms with Crippen LogP contribution in [0.3, 0.4) is 0 Å². The number of nitrogens with one attached hydrogen (secondary N) is 1. The number of allylic oxidation sites excluding steroid dienone is 2. The van der Waals surface area contributed by atoms with Crippen molar-refractivity contribution in [1.82, 2.24) is 5.32 Å². The van der Waals surface area contributed by atoms with E-state index in [-0.39, 0.29) is 0 Å². The summed E-state index contributed by atoms with van der Waals surface area (Å²) in [6.07, 6.45) is 9.57. The van der Waals surface area contributed by atoms with E-state index < -0.39 is 5.72 Å². The molecule has 2 N–H and O–H groups in total. The van der Waals surface area contributed by atoms with Gasteiger partial charge in [0.1, 0.15) is 0 Å². The lowest BCUT2D eigenvalue weighted by molar-refractivity contribution is 0.0643. The van der Waals surface area contributed by atoms with Crippen molar-refractivity contribution in [3.05, 3.63) is 65.4 Å². The van der Waals surface area contributed by atoms with Crippen molar-refractivity contribution >= 4 is 6.08 Å². The zero-order valence-electron chi connectivity index (χ0n) is 8.14. The van der Waals surface area contributed by atoms with Gasteiger partial charge in [0.05, 0.1) is 0 Å². The molecule has 0 fully saturated rings. The van der Waals surface area contributed by atoms with Crippen LogP contribution in [-0.2, 0) is 5.72 Å². The summed E-state index contributed by atoms with van der Waals surface area (Å²) in [7, 11) is 0. The first-order chi connectivity index (χ1) is 7.31. The van der Waals surface area contributed by atoms with E-state index >= 15 is 0 Å². The first-order valence-corrected chi connectivity index (χ1v) is 4.96. The highest BCUT2D eigenvalue weighted by Gasteiger charge is 2.36. The van der Waals surface area contributed by atoms with Crippen LogP contribution in [0.1, 0.15) is 11.1 Å². The third-order valence-electron chi connectivity index (χ3n) is 2.88. The quantitative estimate of drug-likeness (QED) is 0.665. The van der Waals surface area contributed by atoms with Crippen LogP contribution in [0.5, 0.6) is 0 Å². The average Bonchev–Trinajstić information content (AvgIpc) is 2.56. The Bertz CT molecular complexity index is 499. The summed E-state index contributed by atoms with van der Waals surface area (Å²) in [6.45, 7) is 0. The van der Waals surface area contributed by atoms with Gasteiger partial charge < -0.3 is 10.4 Å². The van der Waals surface area contributed by atoms with Crippen molar-refractivity contribution in [2.24, 2.45) is 0 Å². The van der Waals surface area contributed by atoms with Gasteiger partial charge in [-0.05, 0) is 17.8 Å². The van der Waals surface area contributed by atoms with Gasteiger partial charge in [-0.2, -0.15) is 0 Å². The van der Waals surface area contributed by atoms with Gasteiger partial charge in [0.15, 0.2) is 5.72 Å². The number of hydrogen-bond acceptors (Lipinski definition) is 2. The van der Waals surface area contributed by atoms with Crippen LogP contribution in [0.4, 0.5) is 0 Å². The maximum atomic E-state index is 10.6. The van der Waals surface area contributed by atoms with Gasteiger partial charge in [-0.15, -0.1) is 0 Å². The highest BCUT2D eigenvalue weighted by molar-refractivity contribution is 5.63. The molecule has 74 valence electrons. The average molecular weight is 197 g/mol. The molecule has 2 nitrogen and oxygen atoms in total. The van der Waals surface area contributed by atoms with Gasteiger partial charge >= 0.3 is 0 Å². The maximum Gasteiger partial charge on any atom is 0.189 e. The second-order valence-corrected chi connectivity index (χ2v) is 3.76. The lowest BCUT2D eigenvalue weighted by atomic mass is 9.94. The van der Waals surface area contributed by atoms with Crippen molar-refractivity contribution in [2.45, 2.75) is 5.72 Å². The van der Waals surface area contributed by atoms with Crippen LogP contribution < -0.4 is 5.32 Å². The number of fused-ring (bicyclic) bond motifs is 3. The number of benzene rings is 1. The summed E-state index contributed by atoms with van der Waals surface area (Å²) in [5, 5.41) is 13.6. The van der Waals surface area contributed by atoms with Crippen LogP contribution in [0.15, 0.2) is 54.3 Å². The lowest BCUT2D eigenvalue weighted by Gasteiger charge is -2.26. The van der Waals surface area contributed by atoms with Crippen molar-refractivity contribution in [3.8, 4) is 0 Å². The Morgan fingerprint density at radius 1 is 1.13 bits per heavy atom. The zero-order chi connectivity index (χ0) is 10.3. The number of hydrogen-bond donors (Lipinski definition) is 2. The molecule has 1 unspecified atom stereocenters. The standard InChI is InChI=1S/C13H11NO/c15-13-11(8-9-14-13)6-3-5-10-4-1-2-7-12(10)13/h1-9,14-15H. The van der Waals surface area contributed by atoms with Gasteiger partial charge in [0.25, 0.3) is 0 Å². The molecule has 1 aliphatic carbocycles. The molecule has 3 rings (SSSR count). The van der Waals surface area contributed by atoms with Crippen molar-refractivity contribution in [1.29, 1.82) is 0 Å². The van der Waals surface area contributed by atoms with Crippen molar-refractivity contribution in [3.63, 3.8) is 0 Å². The van der Waals surface area contributed by atoms with Crippen LogP contribution in [0.2, 0.25) is 0 Å². The molecule has 1 aliphatic heterocycles. The van der Waals surface area contributed by atoms with E-state index in [2.05, 4.69) is 5.32 Å². The lowest BCUT2D eigenvalue weighted by Crippen LogP contribution is -2.37. The Morgan fingerprint density at radius 3 is 2.93 bits per heavy atom. The minimum atomic E-state index is -1.06. The van der Waals surface area contributed by atoms with E-state index in [0.717, 1.165) is 16.7 Å². The molecule has 2 heteroatoms. The minimum Gasteiger partial charge on any atom is -0.363 e. The van der Waals surface area contributed by atoms with E-state index in [1.54, 1.807) is 6.20 Å². The van der Waals surface area contributed by atoms with Gasteiger partial charge in [-0.3, -0.25) is 0 Å². The first-order valence-electron chi connectivity index (χ1n) is 4.96. The molecule has 0 amide bonds. The van der Waals surface area contributed by atoms with Crippen molar-refractivity contribution < 1.29 is 5.11 Å². The Labute approximate surface area is 88.2 Å². The third kappa shape index (κ3) is 1.09. The first kappa shape index (κ1) is 8.50. The predicted octanol–water partition coefficient (Wildman–Crippen LogP) is 1.90. The fourth-order valence-corrected chi connectivity index (χ4v) is 2.09. The smallest absolute Gasteiger partial charge is 0.189 e. The summed E-state index contributed by atoms with van der Waals surface area (Å²) in [5.41, 5.74) is 1.77. The van der Waals surface area contributed by atoms with Crippen LogP contribution >= 0.6 is 0 Å². The van der Waals surface area contributed by atoms with E-state index in [1.165, 1.54) is 0 Å². The van der Waals surface area contributed by atoms with Crippen LogP contribution in [-0.4, -0.2) is 5.11 Å². The van der Waals surface area contributed by atoms with Gasteiger partial charge in [-0.25, -0.2) is 0 Å². The highest BCUT2D eigenvalue weighted by atomic mass is 16.3. The summed E-state index contributed by atoms with van der Waals surface area (Å²) < 4.78 is 0. The molecule has 0 spiro atoms. The van der Waals surface area contributed by atoms with E-state index in [1.807, 2.05) is 48.6 Å². The zero-order valence-corrected chi connectivity index (χ0v) is 8.14. The molecule has 2 aliphatic rings. The summed E-state index contributed by atoms with van der Waals surface area (Å²) in [6, 6.07) is 7.85. The molecule has 1 aromatic carbocycles. The molecule has 0 aromatic heterocycles. The summed E-state index contributed by atoms with van der Waals surface area (Å²) in [4.78, 5) is 0. The second kappa shape index (κ2) is 2.84.